The molecule has 3 rings (SSSR count). The molecule has 2 aromatic rings. The van der Waals surface area contributed by atoms with Crippen molar-refractivity contribution in [2.24, 2.45) is 0 Å². The van der Waals surface area contributed by atoms with E-state index < -0.39 is 12.0 Å². The third kappa shape index (κ3) is 2.91. The van der Waals surface area contributed by atoms with Crippen LogP contribution in [0, 0.1) is 0 Å². The molecule has 0 amide bonds. The monoisotopic (exact) mass is 343 g/mol. The van der Waals surface area contributed by atoms with Crippen molar-refractivity contribution in [2.75, 3.05) is 45.4 Å². The molecule has 0 radical (unpaired) electrons. The van der Waals surface area contributed by atoms with Crippen LogP contribution in [0.15, 0.2) is 12.1 Å². The maximum atomic E-state index is 13.2. The lowest BCUT2D eigenvalue weighted by molar-refractivity contribution is -0.144. The van der Waals surface area contributed by atoms with Crippen molar-refractivity contribution in [1.29, 1.82) is 0 Å². The quantitative estimate of drug-likeness (QED) is 0.854. The van der Waals surface area contributed by atoms with Crippen molar-refractivity contribution >= 4 is 16.7 Å². The van der Waals surface area contributed by atoms with Gasteiger partial charge in [-0.1, -0.05) is 0 Å². The number of methoxy groups -OCH3 is 2. The maximum Gasteiger partial charge on any atom is 0.451 e. The Balaban J connectivity index is 2.28. The Kier molecular flexibility index (Phi) is 4.35. The molecule has 0 spiro atoms. The van der Waals surface area contributed by atoms with Gasteiger partial charge < -0.3 is 19.1 Å². The van der Waals surface area contributed by atoms with Crippen LogP contribution in [0.25, 0.3) is 10.9 Å². The second kappa shape index (κ2) is 6.31. The molecule has 1 aliphatic heterocycles. The van der Waals surface area contributed by atoms with Crippen molar-refractivity contribution in [3.05, 3.63) is 18.0 Å². The van der Waals surface area contributed by atoms with E-state index in [1.165, 1.54) is 14.2 Å². The van der Waals surface area contributed by atoms with Crippen molar-refractivity contribution in [3.63, 3.8) is 0 Å². The molecule has 1 aromatic heterocycles. The highest BCUT2D eigenvalue weighted by Crippen LogP contribution is 2.39. The molecule has 0 unspecified atom stereocenters. The SMILES string of the molecule is COc1ccc2c(N3CCOCC3)nc(C(F)(F)F)nc2c1OC. The molecule has 0 bridgehead atoms. The van der Waals surface area contributed by atoms with Gasteiger partial charge in [-0.3, -0.25) is 0 Å². The second-order valence-electron chi connectivity index (χ2n) is 5.17. The van der Waals surface area contributed by atoms with Crippen LogP contribution in [0.2, 0.25) is 0 Å². The molecule has 1 saturated heterocycles. The van der Waals surface area contributed by atoms with Crippen molar-refractivity contribution < 1.29 is 27.4 Å². The van der Waals surface area contributed by atoms with Crippen LogP contribution in [0.1, 0.15) is 5.82 Å². The first-order chi connectivity index (χ1) is 11.5. The fraction of sp³-hybridized carbons (Fsp3) is 0.467. The van der Waals surface area contributed by atoms with Gasteiger partial charge in [0.1, 0.15) is 11.3 Å². The fourth-order valence-corrected chi connectivity index (χ4v) is 2.64. The molecule has 1 fully saturated rings. The predicted molar refractivity (Wildman–Crippen MR) is 80.7 cm³/mol. The van der Waals surface area contributed by atoms with Crippen LogP contribution in [0.3, 0.4) is 0 Å². The Labute approximate surface area is 136 Å². The first-order valence-electron chi connectivity index (χ1n) is 7.28. The van der Waals surface area contributed by atoms with Gasteiger partial charge in [-0.15, -0.1) is 0 Å². The third-order valence-electron chi connectivity index (χ3n) is 3.75. The molecule has 6 nitrogen and oxygen atoms in total. The molecule has 0 saturated carbocycles. The van der Waals surface area contributed by atoms with Gasteiger partial charge in [0.05, 0.1) is 27.4 Å². The molecule has 24 heavy (non-hydrogen) atoms. The van der Waals surface area contributed by atoms with Crippen molar-refractivity contribution in [3.8, 4) is 11.5 Å². The van der Waals surface area contributed by atoms with E-state index >= 15 is 0 Å². The highest BCUT2D eigenvalue weighted by Gasteiger charge is 2.37. The van der Waals surface area contributed by atoms with Gasteiger partial charge >= 0.3 is 6.18 Å². The average Bonchev–Trinajstić information content (AvgIpc) is 2.59. The number of aromatic nitrogens is 2. The van der Waals surface area contributed by atoms with E-state index in [0.717, 1.165) is 0 Å². The number of hydrogen-bond donors (Lipinski definition) is 0. The molecule has 1 aromatic carbocycles. The Morgan fingerprint density at radius 3 is 2.38 bits per heavy atom. The fourth-order valence-electron chi connectivity index (χ4n) is 2.64. The third-order valence-corrected chi connectivity index (χ3v) is 3.75. The molecule has 9 heteroatoms. The first kappa shape index (κ1) is 16.6. The first-order valence-corrected chi connectivity index (χ1v) is 7.28. The summed E-state index contributed by atoms with van der Waals surface area (Å²) in [4.78, 5) is 9.21. The number of ether oxygens (including phenoxy) is 3. The summed E-state index contributed by atoms with van der Waals surface area (Å²) in [6.07, 6.45) is -4.66. The Hall–Kier alpha value is -2.29. The zero-order valence-electron chi connectivity index (χ0n) is 13.2. The highest BCUT2D eigenvalue weighted by atomic mass is 19.4. The predicted octanol–water partition coefficient (Wildman–Crippen LogP) is 2.50. The van der Waals surface area contributed by atoms with Crippen molar-refractivity contribution in [1.82, 2.24) is 9.97 Å². The number of benzene rings is 1. The van der Waals surface area contributed by atoms with Gasteiger partial charge in [-0.25, -0.2) is 9.97 Å². The largest absolute Gasteiger partial charge is 0.493 e. The van der Waals surface area contributed by atoms with Gasteiger partial charge in [0, 0.05) is 18.5 Å². The number of rotatable bonds is 3. The summed E-state index contributed by atoms with van der Waals surface area (Å²) < 4.78 is 55.4. The van der Waals surface area contributed by atoms with Crippen LogP contribution in [0.4, 0.5) is 19.0 Å². The van der Waals surface area contributed by atoms with E-state index in [0.29, 0.717) is 37.4 Å². The van der Waals surface area contributed by atoms with Crippen LogP contribution in [0.5, 0.6) is 11.5 Å². The summed E-state index contributed by atoms with van der Waals surface area (Å²) in [5.74, 6) is -0.526. The summed E-state index contributed by atoms with van der Waals surface area (Å²) in [6.45, 7) is 1.77. The summed E-state index contributed by atoms with van der Waals surface area (Å²) in [5, 5.41) is 0.475. The van der Waals surface area contributed by atoms with Crippen LogP contribution < -0.4 is 14.4 Å². The lowest BCUT2D eigenvalue weighted by Gasteiger charge is -2.29. The molecular weight excluding hydrogens is 327 g/mol. The Bertz CT molecular complexity index is 746. The van der Waals surface area contributed by atoms with E-state index in [4.69, 9.17) is 14.2 Å². The number of fused-ring (bicyclic) bond motifs is 1. The minimum atomic E-state index is -4.66. The van der Waals surface area contributed by atoms with Gasteiger partial charge in [-0.05, 0) is 12.1 Å². The second-order valence-corrected chi connectivity index (χ2v) is 5.17. The average molecular weight is 343 g/mol. The number of hydrogen-bond acceptors (Lipinski definition) is 6. The summed E-state index contributed by atoms with van der Waals surface area (Å²) >= 11 is 0. The van der Waals surface area contributed by atoms with E-state index in [2.05, 4.69) is 9.97 Å². The van der Waals surface area contributed by atoms with E-state index in [9.17, 15) is 13.2 Å². The topological polar surface area (TPSA) is 56.7 Å². The van der Waals surface area contributed by atoms with E-state index in [-0.39, 0.29) is 17.1 Å². The minimum Gasteiger partial charge on any atom is -0.493 e. The number of nitrogens with zero attached hydrogens (tertiary/aromatic N) is 3. The molecular formula is C15H16F3N3O3. The highest BCUT2D eigenvalue weighted by molar-refractivity contribution is 5.95. The summed E-state index contributed by atoms with van der Waals surface area (Å²) in [6, 6.07) is 3.27. The number of anilines is 1. The van der Waals surface area contributed by atoms with Crippen LogP contribution >= 0.6 is 0 Å². The maximum absolute atomic E-state index is 13.2. The lowest BCUT2D eigenvalue weighted by Crippen LogP contribution is -2.37. The summed E-state index contributed by atoms with van der Waals surface area (Å²) in [5.41, 5.74) is 0.0701. The van der Waals surface area contributed by atoms with Crippen LogP contribution in [-0.2, 0) is 10.9 Å². The van der Waals surface area contributed by atoms with Gasteiger partial charge in [0.25, 0.3) is 0 Å². The lowest BCUT2D eigenvalue weighted by atomic mass is 10.2. The van der Waals surface area contributed by atoms with Crippen LogP contribution in [-0.4, -0.2) is 50.5 Å². The van der Waals surface area contributed by atoms with Gasteiger partial charge in [-0.2, -0.15) is 13.2 Å². The molecule has 0 N–H and O–H groups in total. The molecule has 2 heterocycles. The van der Waals surface area contributed by atoms with Crippen molar-refractivity contribution in [2.45, 2.75) is 6.18 Å². The summed E-state index contributed by atoms with van der Waals surface area (Å²) in [7, 11) is 2.78. The number of morpholine rings is 1. The number of alkyl halides is 3. The van der Waals surface area contributed by atoms with Gasteiger partial charge in [0.15, 0.2) is 11.5 Å². The minimum absolute atomic E-state index is 0.0701. The normalized spacial score (nSPS) is 15.6. The van der Waals surface area contributed by atoms with E-state index in [1.54, 1.807) is 17.0 Å². The Morgan fingerprint density at radius 2 is 1.79 bits per heavy atom. The standard InChI is InChI=1S/C15H16F3N3O3/c1-22-10-4-3-9-11(12(10)23-2)19-14(15(16,17)18)20-13(9)21-5-7-24-8-6-21/h3-4H,5-8H2,1-2H3. The van der Waals surface area contributed by atoms with Gasteiger partial charge in [0.2, 0.25) is 5.82 Å². The molecule has 0 atom stereocenters. The smallest absolute Gasteiger partial charge is 0.451 e. The zero-order chi connectivity index (χ0) is 17.3. The molecule has 1 aliphatic rings. The Morgan fingerprint density at radius 1 is 1.08 bits per heavy atom. The zero-order valence-corrected chi connectivity index (χ0v) is 13.2. The number of halogens is 3. The van der Waals surface area contributed by atoms with E-state index in [1.807, 2.05) is 0 Å². The molecule has 0 aliphatic carbocycles. The molecule has 130 valence electrons.